The molecule has 2 aliphatic rings. The van der Waals surface area contributed by atoms with Crippen LogP contribution in [0.5, 0.6) is 11.5 Å². The minimum atomic E-state index is -1.90. The first-order chi connectivity index (χ1) is 13.8. The summed E-state index contributed by atoms with van der Waals surface area (Å²) in [6, 6.07) is 10.0. The van der Waals surface area contributed by atoms with E-state index in [0.717, 1.165) is 12.1 Å². The van der Waals surface area contributed by atoms with Crippen molar-refractivity contribution in [1.29, 1.82) is 0 Å². The topological polar surface area (TPSA) is 128 Å². The number of benzene rings is 2. The summed E-state index contributed by atoms with van der Waals surface area (Å²) in [6.07, 6.45) is -2.92. The maximum absolute atomic E-state index is 13.9. The lowest BCUT2D eigenvalue weighted by atomic mass is 9.81. The van der Waals surface area contributed by atoms with Crippen molar-refractivity contribution in [3.05, 3.63) is 59.9 Å². The Hall–Kier alpha value is -3.95. The molecular weight excluding hydrogens is 385 g/mol. The van der Waals surface area contributed by atoms with Gasteiger partial charge in [0.1, 0.15) is 17.3 Å². The van der Waals surface area contributed by atoms with Crippen LogP contribution in [0.25, 0.3) is 0 Å². The highest BCUT2D eigenvalue weighted by atomic mass is 19.1. The predicted molar refractivity (Wildman–Crippen MR) is 94.1 cm³/mol. The molecule has 29 heavy (non-hydrogen) atoms. The van der Waals surface area contributed by atoms with Crippen molar-refractivity contribution in [1.82, 2.24) is 10.2 Å². The lowest BCUT2D eigenvalue weighted by Crippen LogP contribution is -2.53. The SMILES string of the molecule is NC(=O)C1CC2(NC(=O)N(C(=O)Oc3ccccc3)C2=O)c2cc(F)ccc2O1. The summed E-state index contributed by atoms with van der Waals surface area (Å²) in [6.45, 7) is 0. The average molecular weight is 399 g/mol. The normalized spacial score (nSPS) is 22.7. The number of carbonyl (C=O) groups excluding carboxylic acids is 4. The maximum atomic E-state index is 13.9. The van der Waals surface area contributed by atoms with Crippen molar-refractivity contribution < 1.29 is 33.0 Å². The molecule has 2 heterocycles. The van der Waals surface area contributed by atoms with Crippen LogP contribution in [0.2, 0.25) is 0 Å². The Labute approximate surface area is 163 Å². The summed E-state index contributed by atoms with van der Waals surface area (Å²) in [5.74, 6) is -2.49. The smallest absolute Gasteiger partial charge is 0.430 e. The Morgan fingerprint density at radius 2 is 1.93 bits per heavy atom. The molecule has 0 bridgehead atoms. The number of nitrogens with one attached hydrogen (secondary N) is 1. The second-order valence-corrected chi connectivity index (χ2v) is 6.51. The first kappa shape index (κ1) is 18.4. The van der Waals surface area contributed by atoms with E-state index >= 15 is 0 Å². The van der Waals surface area contributed by atoms with Crippen molar-refractivity contribution in [2.75, 3.05) is 0 Å². The molecule has 2 atom stereocenters. The summed E-state index contributed by atoms with van der Waals surface area (Å²) in [5.41, 5.74) is 3.39. The van der Waals surface area contributed by atoms with Gasteiger partial charge in [-0.2, -0.15) is 4.90 Å². The van der Waals surface area contributed by atoms with Crippen molar-refractivity contribution in [3.63, 3.8) is 0 Å². The van der Waals surface area contributed by atoms with Crippen LogP contribution in [0, 0.1) is 5.82 Å². The van der Waals surface area contributed by atoms with Crippen LogP contribution in [0.1, 0.15) is 12.0 Å². The molecule has 0 aliphatic carbocycles. The van der Waals surface area contributed by atoms with Crippen LogP contribution < -0.4 is 20.5 Å². The highest BCUT2D eigenvalue weighted by Gasteiger charge is 2.60. The third-order valence-corrected chi connectivity index (χ3v) is 4.70. The number of halogens is 1. The quantitative estimate of drug-likeness (QED) is 0.735. The van der Waals surface area contributed by atoms with Crippen LogP contribution >= 0.6 is 0 Å². The zero-order valence-electron chi connectivity index (χ0n) is 14.8. The fraction of sp³-hybridized carbons (Fsp3) is 0.158. The molecule has 0 radical (unpaired) electrons. The summed E-state index contributed by atoms with van der Waals surface area (Å²) in [7, 11) is 0. The van der Waals surface area contributed by atoms with Gasteiger partial charge in [0.05, 0.1) is 0 Å². The Morgan fingerprint density at radius 1 is 1.21 bits per heavy atom. The number of primary amides is 1. The molecule has 1 spiro atoms. The van der Waals surface area contributed by atoms with Gasteiger partial charge in [-0.3, -0.25) is 9.59 Å². The minimum Gasteiger partial charge on any atom is -0.480 e. The van der Waals surface area contributed by atoms with Crippen LogP contribution in [0.15, 0.2) is 48.5 Å². The third-order valence-electron chi connectivity index (χ3n) is 4.70. The molecule has 0 saturated carbocycles. The Balaban J connectivity index is 1.73. The molecule has 148 valence electrons. The van der Waals surface area contributed by atoms with E-state index in [2.05, 4.69) is 5.32 Å². The van der Waals surface area contributed by atoms with Crippen LogP contribution in [-0.4, -0.2) is 34.9 Å². The molecule has 4 rings (SSSR count). The van der Waals surface area contributed by atoms with Crippen LogP contribution in [-0.2, 0) is 15.1 Å². The second kappa shape index (κ2) is 6.59. The van der Waals surface area contributed by atoms with Crippen molar-refractivity contribution >= 4 is 23.9 Å². The molecule has 3 N–H and O–H groups in total. The van der Waals surface area contributed by atoms with E-state index < -0.39 is 47.8 Å². The van der Waals surface area contributed by atoms with Crippen molar-refractivity contribution in [2.24, 2.45) is 5.73 Å². The molecular formula is C19H14FN3O6. The van der Waals surface area contributed by atoms with Gasteiger partial charge in [0.25, 0.3) is 11.8 Å². The molecule has 10 heteroatoms. The number of hydrogen-bond donors (Lipinski definition) is 2. The molecule has 1 fully saturated rings. The van der Waals surface area contributed by atoms with Crippen LogP contribution in [0.4, 0.5) is 14.0 Å². The highest BCUT2D eigenvalue weighted by Crippen LogP contribution is 2.43. The Kier molecular flexibility index (Phi) is 4.18. The third kappa shape index (κ3) is 2.94. The number of imide groups is 3. The first-order valence-corrected chi connectivity index (χ1v) is 8.51. The number of rotatable bonds is 2. The molecule has 2 aromatic carbocycles. The van der Waals surface area contributed by atoms with Gasteiger partial charge in [-0.25, -0.2) is 14.0 Å². The molecule has 1 saturated heterocycles. The zero-order chi connectivity index (χ0) is 20.8. The maximum Gasteiger partial charge on any atom is 0.430 e. The number of para-hydroxylation sites is 1. The molecule has 2 aliphatic heterocycles. The second-order valence-electron chi connectivity index (χ2n) is 6.51. The van der Waals surface area contributed by atoms with Gasteiger partial charge >= 0.3 is 12.1 Å². The number of nitrogens with two attached hydrogens (primary N) is 1. The van der Waals surface area contributed by atoms with E-state index in [1.165, 1.54) is 18.2 Å². The Morgan fingerprint density at radius 3 is 2.62 bits per heavy atom. The summed E-state index contributed by atoms with van der Waals surface area (Å²) in [5, 5.41) is 2.39. The number of nitrogens with zero attached hydrogens (tertiary/aromatic N) is 1. The van der Waals surface area contributed by atoms with E-state index in [0.29, 0.717) is 0 Å². The van der Waals surface area contributed by atoms with Crippen molar-refractivity contribution in [2.45, 2.75) is 18.1 Å². The average Bonchev–Trinajstić information content (AvgIpc) is 2.93. The van der Waals surface area contributed by atoms with E-state index in [9.17, 15) is 23.6 Å². The zero-order valence-corrected chi connectivity index (χ0v) is 14.8. The Bertz CT molecular complexity index is 1040. The first-order valence-electron chi connectivity index (χ1n) is 8.51. The van der Waals surface area contributed by atoms with Gasteiger partial charge in [-0.05, 0) is 30.3 Å². The summed E-state index contributed by atoms with van der Waals surface area (Å²) in [4.78, 5) is 50.1. The van der Waals surface area contributed by atoms with Gasteiger partial charge in [0, 0.05) is 12.0 Å². The number of fused-ring (bicyclic) bond motifs is 2. The van der Waals surface area contributed by atoms with E-state index in [1.807, 2.05) is 0 Å². The van der Waals surface area contributed by atoms with E-state index in [-0.39, 0.29) is 22.0 Å². The molecule has 2 aromatic rings. The minimum absolute atomic E-state index is 0.00613. The highest BCUT2D eigenvalue weighted by molar-refractivity contribution is 6.17. The summed E-state index contributed by atoms with van der Waals surface area (Å²) >= 11 is 0. The van der Waals surface area contributed by atoms with Gasteiger partial charge < -0.3 is 20.5 Å². The van der Waals surface area contributed by atoms with Gasteiger partial charge in [0.15, 0.2) is 11.6 Å². The predicted octanol–water partition coefficient (Wildman–Crippen LogP) is 1.41. The fourth-order valence-electron chi connectivity index (χ4n) is 3.38. The molecule has 0 aromatic heterocycles. The van der Waals surface area contributed by atoms with Crippen LogP contribution in [0.3, 0.4) is 0 Å². The fourth-order valence-corrected chi connectivity index (χ4v) is 3.38. The van der Waals surface area contributed by atoms with Crippen molar-refractivity contribution in [3.8, 4) is 11.5 Å². The number of hydrogen-bond acceptors (Lipinski definition) is 6. The van der Waals surface area contributed by atoms with Gasteiger partial charge in [0.2, 0.25) is 0 Å². The van der Waals surface area contributed by atoms with Gasteiger partial charge in [-0.1, -0.05) is 18.2 Å². The number of urea groups is 1. The monoisotopic (exact) mass is 399 g/mol. The number of carbonyl (C=O) groups is 4. The summed E-state index contributed by atoms with van der Waals surface area (Å²) < 4.78 is 24.4. The number of ether oxygens (including phenoxy) is 2. The van der Waals surface area contributed by atoms with E-state index in [1.54, 1.807) is 18.2 Å². The number of amides is 5. The largest absolute Gasteiger partial charge is 0.480 e. The lowest BCUT2D eigenvalue weighted by Gasteiger charge is -2.36. The lowest BCUT2D eigenvalue weighted by molar-refractivity contribution is -0.134. The molecule has 5 amide bonds. The van der Waals surface area contributed by atoms with Gasteiger partial charge in [-0.15, -0.1) is 0 Å². The van der Waals surface area contributed by atoms with E-state index in [4.69, 9.17) is 15.2 Å². The molecule has 2 unspecified atom stereocenters. The standard InChI is InChI=1S/C19H14FN3O6/c20-10-6-7-13-12(8-10)19(9-14(29-13)15(21)24)16(25)23(17(26)22-19)18(27)28-11-4-2-1-3-5-11/h1-8,14H,9H2,(H2,21,24)(H,22,26). The molecule has 9 nitrogen and oxygen atoms in total.